The summed E-state index contributed by atoms with van der Waals surface area (Å²) in [6.07, 6.45) is 1.27. The second kappa shape index (κ2) is 7.61. The van der Waals surface area contributed by atoms with E-state index in [1.807, 2.05) is 47.4 Å². The highest BCUT2D eigenvalue weighted by Gasteiger charge is 2.33. The molecule has 1 aliphatic heterocycles. The molecular weight excluding hydrogens is 342 g/mol. The molecule has 27 heavy (non-hydrogen) atoms. The van der Waals surface area contributed by atoms with Gasteiger partial charge in [-0.05, 0) is 30.2 Å². The van der Waals surface area contributed by atoms with Gasteiger partial charge in [-0.3, -0.25) is 4.79 Å². The number of hydrogen-bond acceptors (Lipinski definition) is 5. The smallest absolute Gasteiger partial charge is 0.258 e. The first-order chi connectivity index (χ1) is 13.2. The maximum Gasteiger partial charge on any atom is 0.258 e. The van der Waals surface area contributed by atoms with Gasteiger partial charge in [-0.15, -0.1) is 0 Å². The fourth-order valence-electron chi connectivity index (χ4n) is 3.34. The Balaban J connectivity index is 1.42. The van der Waals surface area contributed by atoms with Crippen LogP contribution in [0.4, 0.5) is 0 Å². The molecule has 1 saturated heterocycles. The van der Waals surface area contributed by atoms with E-state index in [9.17, 15) is 4.79 Å². The Labute approximate surface area is 157 Å². The topological polar surface area (TPSA) is 68.5 Å². The first kappa shape index (κ1) is 17.3. The SMILES string of the molecule is COc1cccc(-c2nc(C3CC(=O)N(CCc4ccccc4)C3)no2)c1. The molecule has 0 aliphatic carbocycles. The highest BCUT2D eigenvalue weighted by atomic mass is 16.5. The van der Waals surface area contributed by atoms with Crippen molar-refractivity contribution in [2.75, 3.05) is 20.2 Å². The van der Waals surface area contributed by atoms with Crippen LogP contribution in [-0.2, 0) is 11.2 Å². The summed E-state index contributed by atoms with van der Waals surface area (Å²) < 4.78 is 10.6. The van der Waals surface area contributed by atoms with Crippen molar-refractivity contribution in [3.8, 4) is 17.2 Å². The number of nitrogens with zero attached hydrogens (tertiary/aromatic N) is 3. The fraction of sp³-hybridized carbons (Fsp3) is 0.286. The van der Waals surface area contributed by atoms with E-state index in [0.29, 0.717) is 31.2 Å². The molecule has 1 fully saturated rings. The summed E-state index contributed by atoms with van der Waals surface area (Å²) in [4.78, 5) is 18.8. The normalized spacial score (nSPS) is 16.7. The quantitative estimate of drug-likeness (QED) is 0.672. The van der Waals surface area contributed by atoms with Gasteiger partial charge in [0.05, 0.1) is 7.11 Å². The van der Waals surface area contributed by atoms with Crippen molar-refractivity contribution in [2.24, 2.45) is 0 Å². The molecule has 4 rings (SSSR count). The van der Waals surface area contributed by atoms with Crippen LogP contribution >= 0.6 is 0 Å². The van der Waals surface area contributed by atoms with Crippen molar-refractivity contribution in [3.05, 3.63) is 66.0 Å². The van der Waals surface area contributed by atoms with Crippen LogP contribution in [0.2, 0.25) is 0 Å². The Morgan fingerprint density at radius 3 is 2.85 bits per heavy atom. The lowest BCUT2D eigenvalue weighted by Gasteiger charge is -2.15. The van der Waals surface area contributed by atoms with Gasteiger partial charge in [-0.2, -0.15) is 4.98 Å². The van der Waals surface area contributed by atoms with Gasteiger partial charge in [0.1, 0.15) is 5.75 Å². The molecule has 6 heteroatoms. The van der Waals surface area contributed by atoms with Crippen molar-refractivity contribution in [1.29, 1.82) is 0 Å². The first-order valence-electron chi connectivity index (χ1n) is 9.02. The van der Waals surface area contributed by atoms with Crippen LogP contribution in [0.3, 0.4) is 0 Å². The van der Waals surface area contributed by atoms with Gasteiger partial charge in [0.2, 0.25) is 5.91 Å². The van der Waals surface area contributed by atoms with Crippen molar-refractivity contribution < 1.29 is 14.1 Å². The standard InChI is InChI=1S/C21H21N3O3/c1-26-18-9-5-8-16(12-18)21-22-20(23-27-21)17-13-19(25)24(14-17)11-10-15-6-3-2-4-7-15/h2-9,12,17H,10-11,13-14H2,1H3. The van der Waals surface area contributed by atoms with Crippen LogP contribution in [0.15, 0.2) is 59.1 Å². The predicted molar refractivity (Wildman–Crippen MR) is 100 cm³/mol. The summed E-state index contributed by atoms with van der Waals surface area (Å²) in [6, 6.07) is 17.7. The number of methoxy groups -OCH3 is 1. The molecule has 0 saturated carbocycles. The van der Waals surface area contributed by atoms with Crippen molar-refractivity contribution in [2.45, 2.75) is 18.8 Å². The molecule has 6 nitrogen and oxygen atoms in total. The third-order valence-electron chi connectivity index (χ3n) is 4.85. The van der Waals surface area contributed by atoms with E-state index < -0.39 is 0 Å². The number of benzene rings is 2. The summed E-state index contributed by atoms with van der Waals surface area (Å²) in [6.45, 7) is 1.34. The zero-order chi connectivity index (χ0) is 18.6. The lowest BCUT2D eigenvalue weighted by Crippen LogP contribution is -2.27. The number of rotatable bonds is 6. The highest BCUT2D eigenvalue weighted by Crippen LogP contribution is 2.29. The van der Waals surface area contributed by atoms with Crippen LogP contribution in [0.5, 0.6) is 5.75 Å². The van der Waals surface area contributed by atoms with Crippen molar-refractivity contribution in [1.82, 2.24) is 15.0 Å². The number of carbonyl (C=O) groups is 1. The van der Waals surface area contributed by atoms with Gasteiger partial charge in [0.25, 0.3) is 5.89 Å². The van der Waals surface area contributed by atoms with E-state index in [1.54, 1.807) is 7.11 Å². The molecule has 1 amide bonds. The molecule has 2 aromatic carbocycles. The Kier molecular flexibility index (Phi) is 4.87. The summed E-state index contributed by atoms with van der Waals surface area (Å²) >= 11 is 0. The lowest BCUT2D eigenvalue weighted by molar-refractivity contribution is -0.127. The third-order valence-corrected chi connectivity index (χ3v) is 4.85. The average molecular weight is 363 g/mol. The minimum atomic E-state index is -0.0311. The second-order valence-electron chi connectivity index (χ2n) is 6.67. The van der Waals surface area contributed by atoms with Gasteiger partial charge in [0.15, 0.2) is 5.82 Å². The van der Waals surface area contributed by atoms with E-state index in [0.717, 1.165) is 17.7 Å². The molecule has 1 unspecified atom stereocenters. The molecule has 0 N–H and O–H groups in total. The number of aromatic nitrogens is 2. The molecule has 0 bridgehead atoms. The Morgan fingerprint density at radius 2 is 2.04 bits per heavy atom. The molecule has 1 atom stereocenters. The molecule has 0 radical (unpaired) electrons. The first-order valence-corrected chi connectivity index (χ1v) is 9.02. The monoisotopic (exact) mass is 363 g/mol. The van der Waals surface area contributed by atoms with Crippen LogP contribution in [0.25, 0.3) is 11.5 Å². The van der Waals surface area contributed by atoms with Gasteiger partial charge >= 0.3 is 0 Å². The highest BCUT2D eigenvalue weighted by molar-refractivity contribution is 5.79. The van der Waals surface area contributed by atoms with Gasteiger partial charge in [-0.25, -0.2) is 0 Å². The Hall–Kier alpha value is -3.15. The van der Waals surface area contributed by atoms with E-state index in [-0.39, 0.29) is 11.8 Å². The Bertz CT molecular complexity index is 923. The summed E-state index contributed by atoms with van der Waals surface area (Å²) in [5, 5.41) is 4.11. The largest absolute Gasteiger partial charge is 0.497 e. The molecule has 1 aliphatic rings. The summed E-state index contributed by atoms with van der Waals surface area (Å²) in [5.74, 6) is 1.87. The second-order valence-corrected chi connectivity index (χ2v) is 6.67. The number of carbonyl (C=O) groups excluding carboxylic acids is 1. The van der Waals surface area contributed by atoms with Crippen LogP contribution < -0.4 is 4.74 Å². The van der Waals surface area contributed by atoms with Crippen molar-refractivity contribution in [3.63, 3.8) is 0 Å². The molecule has 2 heterocycles. The molecule has 1 aromatic heterocycles. The summed E-state index contributed by atoms with van der Waals surface area (Å²) in [5.41, 5.74) is 2.03. The summed E-state index contributed by atoms with van der Waals surface area (Å²) in [7, 11) is 1.62. The van der Waals surface area contributed by atoms with Gasteiger partial charge in [-0.1, -0.05) is 41.6 Å². The van der Waals surface area contributed by atoms with Gasteiger partial charge < -0.3 is 14.2 Å². The maximum atomic E-state index is 12.4. The minimum Gasteiger partial charge on any atom is -0.497 e. The average Bonchev–Trinajstić information content (AvgIpc) is 3.34. The zero-order valence-electron chi connectivity index (χ0n) is 15.2. The molecular formula is C21H21N3O3. The van der Waals surface area contributed by atoms with Gasteiger partial charge in [0, 0.05) is 31.0 Å². The maximum absolute atomic E-state index is 12.4. The lowest BCUT2D eigenvalue weighted by atomic mass is 10.1. The van der Waals surface area contributed by atoms with Crippen LogP contribution in [-0.4, -0.2) is 41.1 Å². The predicted octanol–water partition coefficient (Wildman–Crippen LogP) is 3.30. The van der Waals surface area contributed by atoms with E-state index in [4.69, 9.17) is 9.26 Å². The van der Waals surface area contributed by atoms with E-state index in [1.165, 1.54) is 5.56 Å². The van der Waals surface area contributed by atoms with Crippen LogP contribution in [0.1, 0.15) is 23.7 Å². The molecule has 3 aromatic rings. The van der Waals surface area contributed by atoms with Crippen molar-refractivity contribution >= 4 is 5.91 Å². The Morgan fingerprint density at radius 1 is 1.19 bits per heavy atom. The zero-order valence-corrected chi connectivity index (χ0v) is 15.2. The van der Waals surface area contributed by atoms with E-state index >= 15 is 0 Å². The van der Waals surface area contributed by atoms with E-state index in [2.05, 4.69) is 22.3 Å². The number of amides is 1. The minimum absolute atomic E-state index is 0.0311. The van der Waals surface area contributed by atoms with Crippen LogP contribution in [0, 0.1) is 0 Å². The molecule has 138 valence electrons. The number of hydrogen-bond donors (Lipinski definition) is 0. The molecule has 0 spiro atoms. The third kappa shape index (κ3) is 3.84. The fourth-order valence-corrected chi connectivity index (χ4v) is 3.34. The number of likely N-dealkylation sites (tertiary alicyclic amines) is 1. The number of ether oxygens (including phenoxy) is 1.